The SMILES string of the molecule is CCOC(=O)C1=C(O)/C(=C/c2ccccc2OCC(=O)O)SC1=NC(=O)c1ccc(C)cc1. The normalized spacial score (nSPS) is 15.7. The zero-order valence-electron chi connectivity index (χ0n) is 17.9. The minimum absolute atomic E-state index is 0.00621. The molecule has 2 N–H and O–H groups in total. The van der Waals surface area contributed by atoms with Crippen LogP contribution in [0.5, 0.6) is 5.75 Å². The molecule has 2 aromatic rings. The fourth-order valence-corrected chi connectivity index (χ4v) is 3.86. The quantitative estimate of drug-likeness (QED) is 0.582. The van der Waals surface area contributed by atoms with Gasteiger partial charge in [0.15, 0.2) is 6.61 Å². The second-order valence-electron chi connectivity index (χ2n) is 6.86. The second-order valence-corrected chi connectivity index (χ2v) is 7.89. The number of thioether (sulfide) groups is 1. The van der Waals surface area contributed by atoms with Gasteiger partial charge in [-0.15, -0.1) is 0 Å². The van der Waals surface area contributed by atoms with Crippen molar-refractivity contribution < 1.29 is 34.1 Å². The van der Waals surface area contributed by atoms with E-state index in [1.165, 1.54) is 6.08 Å². The van der Waals surface area contributed by atoms with Crippen molar-refractivity contribution in [3.8, 4) is 5.75 Å². The van der Waals surface area contributed by atoms with Crippen molar-refractivity contribution in [1.29, 1.82) is 0 Å². The molecule has 0 aliphatic carbocycles. The predicted molar refractivity (Wildman–Crippen MR) is 124 cm³/mol. The topological polar surface area (TPSA) is 122 Å². The van der Waals surface area contributed by atoms with E-state index in [1.807, 2.05) is 6.92 Å². The molecule has 9 heteroatoms. The molecule has 0 unspecified atom stereocenters. The van der Waals surface area contributed by atoms with Crippen LogP contribution in [0, 0.1) is 6.92 Å². The minimum Gasteiger partial charge on any atom is -0.506 e. The molecule has 0 bridgehead atoms. The number of amides is 1. The Hall–Kier alpha value is -3.85. The van der Waals surface area contributed by atoms with Crippen molar-refractivity contribution in [2.45, 2.75) is 13.8 Å². The average molecular weight is 467 g/mol. The van der Waals surface area contributed by atoms with Crippen LogP contribution >= 0.6 is 11.8 Å². The van der Waals surface area contributed by atoms with Crippen LogP contribution < -0.4 is 4.74 Å². The molecule has 2 aromatic carbocycles. The van der Waals surface area contributed by atoms with E-state index < -0.39 is 24.5 Å². The number of aliphatic imine (C=N–C) groups is 1. The van der Waals surface area contributed by atoms with Gasteiger partial charge < -0.3 is 19.7 Å². The Morgan fingerprint density at radius 2 is 1.79 bits per heavy atom. The molecular weight excluding hydrogens is 446 g/mol. The fraction of sp³-hybridized carbons (Fsp3) is 0.167. The van der Waals surface area contributed by atoms with Crippen LogP contribution in [0.25, 0.3) is 6.08 Å². The Balaban J connectivity index is 2.00. The number of hydrogen-bond acceptors (Lipinski definition) is 7. The van der Waals surface area contributed by atoms with E-state index in [4.69, 9.17) is 14.6 Å². The third kappa shape index (κ3) is 5.89. The van der Waals surface area contributed by atoms with Crippen molar-refractivity contribution in [2.24, 2.45) is 4.99 Å². The number of aliphatic carboxylic acids is 1. The van der Waals surface area contributed by atoms with Crippen molar-refractivity contribution in [3.63, 3.8) is 0 Å². The highest BCUT2D eigenvalue weighted by Gasteiger charge is 2.34. The molecule has 0 fully saturated rings. The first-order valence-electron chi connectivity index (χ1n) is 9.94. The zero-order valence-corrected chi connectivity index (χ0v) is 18.7. The first-order valence-corrected chi connectivity index (χ1v) is 10.8. The molecule has 0 spiro atoms. The van der Waals surface area contributed by atoms with Gasteiger partial charge in [0.1, 0.15) is 22.1 Å². The van der Waals surface area contributed by atoms with Gasteiger partial charge in [0.2, 0.25) is 0 Å². The minimum atomic E-state index is -1.14. The Morgan fingerprint density at radius 1 is 1.09 bits per heavy atom. The van der Waals surface area contributed by atoms with Gasteiger partial charge in [-0.25, -0.2) is 14.6 Å². The van der Waals surface area contributed by atoms with E-state index in [2.05, 4.69) is 4.99 Å². The Morgan fingerprint density at radius 3 is 2.45 bits per heavy atom. The lowest BCUT2D eigenvalue weighted by molar-refractivity contribution is -0.139. The zero-order chi connectivity index (χ0) is 24.0. The molecule has 170 valence electrons. The van der Waals surface area contributed by atoms with Crippen molar-refractivity contribution in [2.75, 3.05) is 13.2 Å². The summed E-state index contributed by atoms with van der Waals surface area (Å²) in [6, 6.07) is 13.4. The molecule has 1 aliphatic rings. The van der Waals surface area contributed by atoms with Gasteiger partial charge in [-0.3, -0.25) is 4.79 Å². The summed E-state index contributed by atoms with van der Waals surface area (Å²) < 4.78 is 10.3. The molecular formula is C24H21NO7S. The highest BCUT2D eigenvalue weighted by Crippen LogP contribution is 2.40. The number of carboxylic acids is 1. The molecule has 3 rings (SSSR count). The smallest absolute Gasteiger partial charge is 0.344 e. The monoisotopic (exact) mass is 467 g/mol. The van der Waals surface area contributed by atoms with Crippen molar-refractivity contribution in [3.05, 3.63) is 81.5 Å². The number of nitrogens with zero attached hydrogens (tertiary/aromatic N) is 1. The lowest BCUT2D eigenvalue weighted by atomic mass is 10.1. The molecule has 1 amide bonds. The third-order valence-electron chi connectivity index (χ3n) is 4.43. The first kappa shape index (κ1) is 23.8. The molecule has 0 saturated heterocycles. The van der Waals surface area contributed by atoms with E-state index in [0.29, 0.717) is 11.1 Å². The summed E-state index contributed by atoms with van der Waals surface area (Å²) in [5.41, 5.74) is 1.58. The van der Waals surface area contributed by atoms with Gasteiger partial charge in [-0.05, 0) is 38.1 Å². The van der Waals surface area contributed by atoms with Gasteiger partial charge in [-0.2, -0.15) is 0 Å². The molecule has 0 aromatic heterocycles. The number of para-hydroxylation sites is 1. The standard InChI is InChI=1S/C24H21NO7S/c1-3-31-24(30)20-21(28)18(12-16-6-4-5-7-17(16)32-13-19(26)27)33-23(20)25-22(29)15-10-8-14(2)9-11-15/h4-12,28H,3,13H2,1-2H3,(H,26,27)/b18-12-,25-23?. The number of aliphatic hydroxyl groups is 1. The average Bonchev–Trinajstić information content (AvgIpc) is 3.08. The summed E-state index contributed by atoms with van der Waals surface area (Å²) in [7, 11) is 0. The molecule has 33 heavy (non-hydrogen) atoms. The van der Waals surface area contributed by atoms with Crippen LogP contribution in [-0.4, -0.2) is 46.3 Å². The number of aliphatic hydroxyl groups excluding tert-OH is 1. The van der Waals surface area contributed by atoms with Gasteiger partial charge in [0.25, 0.3) is 5.91 Å². The number of carboxylic acid groups (broad SMARTS) is 1. The number of hydrogen-bond donors (Lipinski definition) is 2. The number of rotatable bonds is 7. The summed E-state index contributed by atoms with van der Waals surface area (Å²) in [6.07, 6.45) is 1.52. The molecule has 8 nitrogen and oxygen atoms in total. The van der Waals surface area contributed by atoms with E-state index in [-0.39, 0.29) is 33.6 Å². The number of ether oxygens (including phenoxy) is 2. The van der Waals surface area contributed by atoms with Crippen LogP contribution in [0.15, 0.2) is 69.8 Å². The lowest BCUT2D eigenvalue weighted by Gasteiger charge is -2.07. The van der Waals surface area contributed by atoms with Crippen LogP contribution in [0.2, 0.25) is 0 Å². The molecule has 1 aliphatic heterocycles. The number of carbonyl (C=O) groups is 3. The molecule has 1 heterocycles. The maximum atomic E-state index is 12.7. The summed E-state index contributed by atoms with van der Waals surface area (Å²) in [6.45, 7) is 3.05. The second kappa shape index (κ2) is 10.6. The van der Waals surface area contributed by atoms with Crippen LogP contribution in [0.1, 0.15) is 28.4 Å². The van der Waals surface area contributed by atoms with Gasteiger partial charge in [0.05, 0.1) is 11.5 Å². The van der Waals surface area contributed by atoms with Gasteiger partial charge in [-0.1, -0.05) is 47.7 Å². The maximum absolute atomic E-state index is 12.7. The third-order valence-corrected chi connectivity index (χ3v) is 5.45. The molecule has 0 atom stereocenters. The van der Waals surface area contributed by atoms with E-state index >= 15 is 0 Å². The lowest BCUT2D eigenvalue weighted by Crippen LogP contribution is -2.14. The first-order chi connectivity index (χ1) is 15.8. The summed E-state index contributed by atoms with van der Waals surface area (Å²) >= 11 is 0.929. The highest BCUT2D eigenvalue weighted by molar-refractivity contribution is 8.18. The fourth-order valence-electron chi connectivity index (χ4n) is 2.86. The highest BCUT2D eigenvalue weighted by atomic mass is 32.2. The van der Waals surface area contributed by atoms with Gasteiger partial charge in [0, 0.05) is 11.1 Å². The largest absolute Gasteiger partial charge is 0.506 e. The Labute approximate surface area is 194 Å². The predicted octanol–water partition coefficient (Wildman–Crippen LogP) is 4.16. The Kier molecular flexibility index (Phi) is 7.68. The van der Waals surface area contributed by atoms with E-state index in [0.717, 1.165) is 17.3 Å². The van der Waals surface area contributed by atoms with Crippen molar-refractivity contribution in [1.82, 2.24) is 0 Å². The maximum Gasteiger partial charge on any atom is 0.344 e. The van der Waals surface area contributed by atoms with Crippen LogP contribution in [0.3, 0.4) is 0 Å². The van der Waals surface area contributed by atoms with Crippen LogP contribution in [0.4, 0.5) is 0 Å². The van der Waals surface area contributed by atoms with Crippen LogP contribution in [-0.2, 0) is 14.3 Å². The van der Waals surface area contributed by atoms with Gasteiger partial charge >= 0.3 is 11.9 Å². The number of aryl methyl sites for hydroxylation is 1. The molecule has 0 radical (unpaired) electrons. The summed E-state index contributed by atoms with van der Waals surface area (Å²) in [5, 5.41) is 19.7. The van der Waals surface area contributed by atoms with Crippen molar-refractivity contribution >= 4 is 40.7 Å². The summed E-state index contributed by atoms with van der Waals surface area (Å²) in [5.74, 6) is -2.62. The summed E-state index contributed by atoms with van der Waals surface area (Å²) in [4.78, 5) is 40.3. The molecule has 0 saturated carbocycles. The van der Waals surface area contributed by atoms with E-state index in [9.17, 15) is 19.5 Å². The number of carbonyl (C=O) groups excluding carboxylic acids is 2. The number of benzene rings is 2. The Bertz CT molecular complexity index is 1180. The van der Waals surface area contributed by atoms with E-state index in [1.54, 1.807) is 55.5 Å². The number of esters is 1.